The zero-order valence-corrected chi connectivity index (χ0v) is 20.2. The van der Waals surface area contributed by atoms with Crippen LogP contribution in [0.5, 0.6) is 11.5 Å². The molecule has 31 heavy (non-hydrogen) atoms. The molecule has 1 aliphatic heterocycles. The van der Waals surface area contributed by atoms with E-state index >= 15 is 0 Å². The van der Waals surface area contributed by atoms with E-state index in [0.717, 1.165) is 23.4 Å². The Balaban J connectivity index is 1.85. The monoisotopic (exact) mass is 456 g/mol. The first-order valence-electron chi connectivity index (χ1n) is 10.3. The second-order valence-electron chi connectivity index (χ2n) is 7.40. The zero-order valence-electron chi connectivity index (χ0n) is 18.5. The molecule has 1 fully saturated rings. The third-order valence-corrected chi connectivity index (χ3v) is 6.19. The first kappa shape index (κ1) is 23.2. The summed E-state index contributed by atoms with van der Waals surface area (Å²) in [5, 5.41) is 0. The van der Waals surface area contributed by atoms with Gasteiger partial charge in [0.05, 0.1) is 23.3 Å². The summed E-state index contributed by atoms with van der Waals surface area (Å²) in [6, 6.07) is 13.5. The second kappa shape index (κ2) is 10.2. The summed E-state index contributed by atoms with van der Waals surface area (Å²) in [7, 11) is 3.96. The van der Waals surface area contributed by atoms with Crippen LogP contribution in [-0.2, 0) is 4.79 Å². The van der Waals surface area contributed by atoms with E-state index in [4.69, 9.17) is 21.7 Å². The highest BCUT2D eigenvalue weighted by atomic mass is 32.2. The molecule has 0 aliphatic carbocycles. The minimum absolute atomic E-state index is 0.0974. The highest BCUT2D eigenvalue weighted by Gasteiger charge is 2.33. The Hall–Kier alpha value is -2.51. The van der Waals surface area contributed by atoms with E-state index in [9.17, 15) is 4.79 Å². The number of hydrogen-bond acceptors (Lipinski definition) is 6. The third kappa shape index (κ3) is 5.40. The molecule has 0 bridgehead atoms. The Labute approximate surface area is 194 Å². The van der Waals surface area contributed by atoms with Gasteiger partial charge in [-0.15, -0.1) is 0 Å². The molecule has 7 heteroatoms. The maximum atomic E-state index is 13.1. The molecule has 0 aromatic heterocycles. The third-order valence-electron chi connectivity index (χ3n) is 4.89. The summed E-state index contributed by atoms with van der Waals surface area (Å²) in [5.74, 6) is 1.26. The van der Waals surface area contributed by atoms with Crippen LogP contribution >= 0.6 is 24.0 Å². The van der Waals surface area contributed by atoms with E-state index in [0.29, 0.717) is 27.3 Å². The van der Waals surface area contributed by atoms with E-state index in [1.807, 2.05) is 81.4 Å². The zero-order chi connectivity index (χ0) is 22.5. The van der Waals surface area contributed by atoms with E-state index < -0.39 is 0 Å². The molecule has 1 aliphatic rings. The number of carbonyl (C=O) groups is 1. The van der Waals surface area contributed by atoms with Crippen LogP contribution in [0.25, 0.3) is 6.08 Å². The molecule has 5 nitrogen and oxygen atoms in total. The fraction of sp³-hybridized carbons (Fsp3) is 0.333. The number of thioether (sulfide) groups is 1. The fourth-order valence-electron chi connectivity index (χ4n) is 3.02. The minimum atomic E-state index is -0.120. The molecule has 164 valence electrons. The van der Waals surface area contributed by atoms with Crippen LogP contribution in [0.2, 0.25) is 0 Å². The van der Waals surface area contributed by atoms with Crippen LogP contribution in [-0.4, -0.2) is 37.0 Å². The van der Waals surface area contributed by atoms with Crippen molar-refractivity contribution < 1.29 is 14.3 Å². The standard InChI is InChI=1S/C24H28N2O3S2/c1-6-16(3)29-20-13-8-17(14-21(20)28-7-2)15-22-23(27)26(24(30)31-22)19-11-9-18(10-12-19)25(4)5/h8-16H,6-7H2,1-5H3/b22-15+/t16-/m1/s1. The topological polar surface area (TPSA) is 42.0 Å². The summed E-state index contributed by atoms with van der Waals surface area (Å²) in [4.78, 5) is 17.3. The Bertz CT molecular complexity index is 987. The van der Waals surface area contributed by atoms with Crippen molar-refractivity contribution in [3.05, 3.63) is 52.9 Å². The highest BCUT2D eigenvalue weighted by molar-refractivity contribution is 8.27. The number of nitrogens with zero attached hydrogens (tertiary/aromatic N) is 2. The lowest BCUT2D eigenvalue weighted by Gasteiger charge is -2.17. The van der Waals surface area contributed by atoms with Crippen LogP contribution < -0.4 is 19.3 Å². The van der Waals surface area contributed by atoms with Crippen LogP contribution in [0, 0.1) is 0 Å². The second-order valence-corrected chi connectivity index (χ2v) is 9.08. The van der Waals surface area contributed by atoms with Crippen molar-refractivity contribution in [3.63, 3.8) is 0 Å². The molecule has 0 N–H and O–H groups in total. The largest absolute Gasteiger partial charge is 0.490 e. The average Bonchev–Trinajstić information content (AvgIpc) is 3.02. The first-order chi connectivity index (χ1) is 14.8. The molecule has 0 spiro atoms. The van der Waals surface area contributed by atoms with Crippen LogP contribution in [0.15, 0.2) is 47.4 Å². The van der Waals surface area contributed by atoms with Crippen molar-refractivity contribution in [1.82, 2.24) is 0 Å². The number of carbonyl (C=O) groups excluding carboxylic acids is 1. The van der Waals surface area contributed by atoms with Crippen LogP contribution in [0.3, 0.4) is 0 Å². The molecular weight excluding hydrogens is 428 g/mol. The predicted molar refractivity (Wildman–Crippen MR) is 134 cm³/mol. The number of amides is 1. The quantitative estimate of drug-likeness (QED) is 0.373. The molecular formula is C24H28N2O3S2. The molecule has 1 heterocycles. The summed E-state index contributed by atoms with van der Waals surface area (Å²) in [6.45, 7) is 6.58. The average molecular weight is 457 g/mol. The van der Waals surface area contributed by atoms with Gasteiger partial charge in [0, 0.05) is 19.8 Å². The van der Waals surface area contributed by atoms with Crippen molar-refractivity contribution in [2.75, 3.05) is 30.5 Å². The Kier molecular flexibility index (Phi) is 7.62. The first-order valence-corrected chi connectivity index (χ1v) is 11.5. The summed E-state index contributed by atoms with van der Waals surface area (Å²) in [5.41, 5.74) is 2.69. The van der Waals surface area contributed by atoms with Crippen molar-refractivity contribution >= 4 is 51.7 Å². The maximum absolute atomic E-state index is 13.1. The smallest absolute Gasteiger partial charge is 0.270 e. The lowest BCUT2D eigenvalue weighted by molar-refractivity contribution is -0.113. The Morgan fingerprint density at radius 2 is 1.84 bits per heavy atom. The number of hydrogen-bond donors (Lipinski definition) is 0. The SMILES string of the molecule is CCOc1cc(/C=C2/SC(=S)N(c3ccc(N(C)C)cc3)C2=O)ccc1O[C@H](C)CC. The molecule has 1 saturated heterocycles. The molecule has 2 aromatic carbocycles. The van der Waals surface area contributed by atoms with Crippen molar-refractivity contribution in [3.8, 4) is 11.5 Å². The number of thiocarbonyl (C=S) groups is 1. The number of ether oxygens (including phenoxy) is 2. The highest BCUT2D eigenvalue weighted by Crippen LogP contribution is 2.38. The summed E-state index contributed by atoms with van der Waals surface area (Å²) >= 11 is 6.80. The van der Waals surface area contributed by atoms with E-state index in [2.05, 4.69) is 6.92 Å². The Morgan fingerprint density at radius 3 is 2.45 bits per heavy atom. The summed E-state index contributed by atoms with van der Waals surface area (Å²) < 4.78 is 12.3. The van der Waals surface area contributed by atoms with Gasteiger partial charge in [0.2, 0.25) is 0 Å². The number of anilines is 2. The molecule has 0 unspecified atom stereocenters. The van der Waals surface area contributed by atoms with Gasteiger partial charge in [-0.25, -0.2) is 0 Å². The molecule has 2 aromatic rings. The molecule has 1 atom stereocenters. The Morgan fingerprint density at radius 1 is 1.13 bits per heavy atom. The van der Waals surface area contributed by atoms with Gasteiger partial charge in [0.25, 0.3) is 5.91 Å². The van der Waals surface area contributed by atoms with E-state index in [1.165, 1.54) is 11.8 Å². The van der Waals surface area contributed by atoms with Gasteiger partial charge in [-0.1, -0.05) is 37.0 Å². The van der Waals surface area contributed by atoms with Crippen molar-refractivity contribution in [2.45, 2.75) is 33.3 Å². The molecule has 3 rings (SSSR count). The van der Waals surface area contributed by atoms with Gasteiger partial charge in [-0.05, 0) is 68.3 Å². The lowest BCUT2D eigenvalue weighted by atomic mass is 10.1. The summed E-state index contributed by atoms with van der Waals surface area (Å²) in [6.07, 6.45) is 2.86. The van der Waals surface area contributed by atoms with Crippen LogP contribution in [0.4, 0.5) is 11.4 Å². The predicted octanol–water partition coefficient (Wildman–Crippen LogP) is 5.73. The minimum Gasteiger partial charge on any atom is -0.490 e. The van der Waals surface area contributed by atoms with Crippen molar-refractivity contribution in [1.29, 1.82) is 0 Å². The van der Waals surface area contributed by atoms with Crippen LogP contribution in [0.1, 0.15) is 32.8 Å². The number of benzene rings is 2. The van der Waals surface area contributed by atoms with Gasteiger partial charge < -0.3 is 14.4 Å². The lowest BCUT2D eigenvalue weighted by Crippen LogP contribution is -2.27. The fourth-order valence-corrected chi connectivity index (χ4v) is 4.32. The van der Waals surface area contributed by atoms with E-state index in [1.54, 1.807) is 4.90 Å². The van der Waals surface area contributed by atoms with Gasteiger partial charge in [0.1, 0.15) is 0 Å². The molecule has 0 saturated carbocycles. The van der Waals surface area contributed by atoms with E-state index in [-0.39, 0.29) is 12.0 Å². The normalized spacial score (nSPS) is 16.0. The van der Waals surface area contributed by atoms with Gasteiger partial charge in [-0.3, -0.25) is 9.69 Å². The molecule has 0 radical (unpaired) electrons. The number of rotatable bonds is 8. The molecule has 1 amide bonds. The maximum Gasteiger partial charge on any atom is 0.270 e. The van der Waals surface area contributed by atoms with Gasteiger partial charge in [-0.2, -0.15) is 0 Å². The van der Waals surface area contributed by atoms with Gasteiger partial charge >= 0.3 is 0 Å². The van der Waals surface area contributed by atoms with Gasteiger partial charge in [0.15, 0.2) is 15.8 Å². The van der Waals surface area contributed by atoms with Crippen molar-refractivity contribution in [2.24, 2.45) is 0 Å².